The Balaban J connectivity index is 1.53. The van der Waals surface area contributed by atoms with Crippen LogP contribution in [0.15, 0.2) is 28.8 Å². The van der Waals surface area contributed by atoms with Crippen LogP contribution in [0.2, 0.25) is 0 Å². The third kappa shape index (κ3) is 2.42. The third-order valence-electron chi connectivity index (χ3n) is 4.18. The average Bonchev–Trinajstić information content (AvgIpc) is 3.06. The van der Waals surface area contributed by atoms with Crippen molar-refractivity contribution < 1.29 is 9.26 Å². The molecule has 0 spiro atoms. The van der Waals surface area contributed by atoms with Gasteiger partial charge in [-0.1, -0.05) is 23.4 Å². The SMILES string of the molecule is CCOC(c1noc([C@@H]2Cc3ccccc3N2)n1)C1CC1. The van der Waals surface area contributed by atoms with Gasteiger partial charge < -0.3 is 14.6 Å². The zero-order valence-electron chi connectivity index (χ0n) is 12.1. The van der Waals surface area contributed by atoms with Gasteiger partial charge in [-0.2, -0.15) is 4.98 Å². The van der Waals surface area contributed by atoms with Gasteiger partial charge in [-0.15, -0.1) is 0 Å². The number of aromatic nitrogens is 2. The molecule has 2 aliphatic rings. The van der Waals surface area contributed by atoms with Crippen molar-refractivity contribution in [3.8, 4) is 0 Å². The van der Waals surface area contributed by atoms with E-state index in [-0.39, 0.29) is 12.1 Å². The van der Waals surface area contributed by atoms with Crippen LogP contribution < -0.4 is 5.32 Å². The molecular weight excluding hydrogens is 266 g/mol. The molecule has 0 amide bonds. The van der Waals surface area contributed by atoms with Gasteiger partial charge in [-0.3, -0.25) is 0 Å². The number of anilines is 1. The van der Waals surface area contributed by atoms with E-state index in [4.69, 9.17) is 9.26 Å². The highest BCUT2D eigenvalue weighted by molar-refractivity contribution is 5.56. The molecule has 1 aliphatic heterocycles. The average molecular weight is 285 g/mol. The molecule has 0 saturated heterocycles. The van der Waals surface area contributed by atoms with Crippen molar-refractivity contribution in [1.29, 1.82) is 0 Å². The number of fused-ring (bicyclic) bond motifs is 1. The van der Waals surface area contributed by atoms with Gasteiger partial charge in [0.25, 0.3) is 0 Å². The van der Waals surface area contributed by atoms with Crippen LogP contribution in [-0.4, -0.2) is 16.7 Å². The van der Waals surface area contributed by atoms with Crippen molar-refractivity contribution in [2.45, 2.75) is 38.3 Å². The summed E-state index contributed by atoms with van der Waals surface area (Å²) in [4.78, 5) is 4.59. The molecule has 110 valence electrons. The van der Waals surface area contributed by atoms with E-state index in [1.54, 1.807) is 0 Å². The number of hydrogen-bond donors (Lipinski definition) is 1. The molecule has 4 rings (SSSR count). The molecule has 2 atom stereocenters. The number of nitrogens with zero attached hydrogens (tertiary/aromatic N) is 2. The molecule has 2 heterocycles. The fourth-order valence-electron chi connectivity index (χ4n) is 2.95. The van der Waals surface area contributed by atoms with Crippen molar-refractivity contribution in [3.63, 3.8) is 0 Å². The van der Waals surface area contributed by atoms with E-state index in [1.807, 2.05) is 13.0 Å². The van der Waals surface area contributed by atoms with Gasteiger partial charge in [0.1, 0.15) is 12.1 Å². The molecule has 5 nitrogen and oxygen atoms in total. The van der Waals surface area contributed by atoms with Crippen LogP contribution in [0.25, 0.3) is 0 Å². The zero-order valence-corrected chi connectivity index (χ0v) is 12.1. The van der Waals surface area contributed by atoms with Crippen molar-refractivity contribution in [3.05, 3.63) is 41.5 Å². The molecule has 1 aromatic heterocycles. The summed E-state index contributed by atoms with van der Waals surface area (Å²) < 4.78 is 11.3. The first-order valence-corrected chi connectivity index (χ1v) is 7.64. The molecule has 1 saturated carbocycles. The molecule has 1 N–H and O–H groups in total. The van der Waals surface area contributed by atoms with Crippen molar-refractivity contribution in [1.82, 2.24) is 10.1 Å². The van der Waals surface area contributed by atoms with Gasteiger partial charge in [-0.25, -0.2) is 0 Å². The molecule has 0 radical (unpaired) electrons. The molecule has 5 heteroatoms. The number of ether oxygens (including phenoxy) is 1. The highest BCUT2D eigenvalue weighted by atomic mass is 16.5. The van der Waals surface area contributed by atoms with Crippen molar-refractivity contribution in [2.75, 3.05) is 11.9 Å². The first kappa shape index (κ1) is 12.8. The summed E-state index contributed by atoms with van der Waals surface area (Å²) in [6.07, 6.45) is 3.28. The Kier molecular flexibility index (Phi) is 3.15. The second kappa shape index (κ2) is 5.15. The fourth-order valence-corrected chi connectivity index (χ4v) is 2.95. The Labute approximate surface area is 123 Å². The highest BCUT2D eigenvalue weighted by Crippen LogP contribution is 2.43. The normalized spacial score (nSPS) is 21.9. The lowest BCUT2D eigenvalue weighted by Crippen LogP contribution is -2.10. The van der Waals surface area contributed by atoms with Crippen LogP contribution in [0.1, 0.15) is 49.2 Å². The van der Waals surface area contributed by atoms with Crippen LogP contribution in [-0.2, 0) is 11.2 Å². The van der Waals surface area contributed by atoms with E-state index in [2.05, 4.69) is 33.7 Å². The monoisotopic (exact) mass is 285 g/mol. The number of para-hydroxylation sites is 1. The fraction of sp³-hybridized carbons (Fsp3) is 0.500. The quantitative estimate of drug-likeness (QED) is 0.913. The van der Waals surface area contributed by atoms with Crippen molar-refractivity contribution >= 4 is 5.69 Å². The van der Waals surface area contributed by atoms with Crippen LogP contribution in [0.3, 0.4) is 0 Å². The Morgan fingerprint density at radius 1 is 1.38 bits per heavy atom. The molecule has 0 bridgehead atoms. The first-order valence-electron chi connectivity index (χ1n) is 7.64. The van der Waals surface area contributed by atoms with Gasteiger partial charge in [0.2, 0.25) is 11.7 Å². The Morgan fingerprint density at radius 3 is 3.00 bits per heavy atom. The van der Waals surface area contributed by atoms with Crippen LogP contribution in [0.5, 0.6) is 0 Å². The molecule has 2 aromatic rings. The maximum absolute atomic E-state index is 5.78. The number of benzene rings is 1. The first-order chi connectivity index (χ1) is 10.3. The number of rotatable bonds is 5. The Hall–Kier alpha value is -1.88. The molecule has 1 unspecified atom stereocenters. The second-order valence-corrected chi connectivity index (χ2v) is 5.76. The summed E-state index contributed by atoms with van der Waals surface area (Å²) in [5.74, 6) is 1.92. The van der Waals surface area contributed by atoms with Gasteiger partial charge in [0.05, 0.1) is 0 Å². The summed E-state index contributed by atoms with van der Waals surface area (Å²) >= 11 is 0. The van der Waals surface area contributed by atoms with Crippen molar-refractivity contribution in [2.24, 2.45) is 5.92 Å². The van der Waals surface area contributed by atoms with E-state index < -0.39 is 0 Å². The molecule has 1 aromatic carbocycles. The minimum Gasteiger partial charge on any atom is -0.373 e. The third-order valence-corrected chi connectivity index (χ3v) is 4.18. The maximum atomic E-state index is 5.78. The lowest BCUT2D eigenvalue weighted by atomic mass is 10.1. The molecule has 1 aliphatic carbocycles. The summed E-state index contributed by atoms with van der Waals surface area (Å²) in [6, 6.07) is 8.38. The molecule has 1 fully saturated rings. The van der Waals surface area contributed by atoms with Gasteiger partial charge in [-0.05, 0) is 37.3 Å². The maximum Gasteiger partial charge on any atom is 0.249 e. The zero-order chi connectivity index (χ0) is 14.2. The van der Waals surface area contributed by atoms with E-state index >= 15 is 0 Å². The van der Waals surface area contributed by atoms with Crippen LogP contribution in [0, 0.1) is 5.92 Å². The highest BCUT2D eigenvalue weighted by Gasteiger charge is 2.37. The molecule has 21 heavy (non-hydrogen) atoms. The van der Waals surface area contributed by atoms with E-state index in [0.717, 1.165) is 12.1 Å². The topological polar surface area (TPSA) is 60.2 Å². The second-order valence-electron chi connectivity index (χ2n) is 5.76. The van der Waals surface area contributed by atoms with E-state index in [1.165, 1.54) is 18.4 Å². The predicted octanol–water partition coefficient (Wildman–Crippen LogP) is 3.27. The van der Waals surface area contributed by atoms with Crippen LogP contribution >= 0.6 is 0 Å². The van der Waals surface area contributed by atoms with E-state index in [9.17, 15) is 0 Å². The molecular formula is C16H19N3O2. The summed E-state index contributed by atoms with van der Waals surface area (Å²) in [7, 11) is 0. The Bertz CT molecular complexity index is 611. The van der Waals surface area contributed by atoms with Crippen LogP contribution in [0.4, 0.5) is 5.69 Å². The van der Waals surface area contributed by atoms with Gasteiger partial charge >= 0.3 is 0 Å². The summed E-state index contributed by atoms with van der Waals surface area (Å²) in [6.45, 7) is 2.68. The summed E-state index contributed by atoms with van der Waals surface area (Å²) in [5, 5.41) is 7.60. The minimum absolute atomic E-state index is 0.00345. The standard InChI is InChI=1S/C16H19N3O2/c1-2-20-14(10-7-8-10)15-18-16(21-19-15)13-9-11-5-3-4-6-12(11)17-13/h3-6,10,13-14,17H,2,7-9H2,1H3/t13-,14?/m0/s1. The van der Waals surface area contributed by atoms with Gasteiger partial charge in [0, 0.05) is 18.7 Å². The Morgan fingerprint density at radius 2 is 2.24 bits per heavy atom. The minimum atomic E-state index is -0.00345. The smallest absolute Gasteiger partial charge is 0.249 e. The van der Waals surface area contributed by atoms with Gasteiger partial charge in [0.15, 0.2) is 0 Å². The number of nitrogens with one attached hydrogen (secondary N) is 1. The summed E-state index contributed by atoms with van der Waals surface area (Å²) in [5.41, 5.74) is 2.46. The largest absolute Gasteiger partial charge is 0.373 e. The van der Waals surface area contributed by atoms with E-state index in [0.29, 0.717) is 24.2 Å². The lowest BCUT2D eigenvalue weighted by Gasteiger charge is -2.11. The predicted molar refractivity (Wildman–Crippen MR) is 77.9 cm³/mol. The lowest BCUT2D eigenvalue weighted by molar-refractivity contribution is 0.0384. The number of hydrogen-bond acceptors (Lipinski definition) is 5.